The second-order valence-electron chi connectivity index (χ2n) is 7.22. The van der Waals surface area contributed by atoms with Gasteiger partial charge in [-0.25, -0.2) is 17.5 Å². The van der Waals surface area contributed by atoms with E-state index >= 15 is 0 Å². The summed E-state index contributed by atoms with van der Waals surface area (Å²) in [5, 5.41) is 7.91. The molecule has 9 heteroatoms. The first-order chi connectivity index (χ1) is 13.4. The van der Waals surface area contributed by atoms with Crippen molar-refractivity contribution in [1.29, 1.82) is 0 Å². The number of nitrogens with zero attached hydrogens (tertiary/aromatic N) is 3. The van der Waals surface area contributed by atoms with Crippen molar-refractivity contribution in [2.75, 3.05) is 6.61 Å². The topological polar surface area (TPSA) is 86.1 Å². The van der Waals surface area contributed by atoms with Gasteiger partial charge >= 0.3 is 0 Å². The van der Waals surface area contributed by atoms with E-state index in [4.69, 9.17) is 4.74 Å². The molecule has 1 aromatic heterocycles. The molecule has 154 valence electrons. The molecule has 0 saturated heterocycles. The van der Waals surface area contributed by atoms with Gasteiger partial charge in [0.15, 0.2) is 11.6 Å². The SMILES string of the molecule is CCCCOc1ccc(S(=O)(=O)N[C@H]2CCC[C@@H](n3cnnc3C)C2)cc1F. The lowest BCUT2D eigenvalue weighted by Crippen LogP contribution is -2.39. The van der Waals surface area contributed by atoms with Crippen LogP contribution in [0.3, 0.4) is 0 Å². The second-order valence-corrected chi connectivity index (χ2v) is 8.93. The van der Waals surface area contributed by atoms with Crippen molar-refractivity contribution < 1.29 is 17.5 Å². The molecule has 1 N–H and O–H groups in total. The molecule has 0 amide bonds. The number of sulfonamides is 1. The quantitative estimate of drug-likeness (QED) is 0.675. The zero-order chi connectivity index (χ0) is 20.1. The van der Waals surface area contributed by atoms with Gasteiger partial charge in [0.05, 0.1) is 11.5 Å². The first-order valence-corrected chi connectivity index (χ1v) is 11.2. The molecule has 0 aliphatic heterocycles. The lowest BCUT2D eigenvalue weighted by Gasteiger charge is -2.30. The summed E-state index contributed by atoms with van der Waals surface area (Å²) >= 11 is 0. The van der Waals surface area contributed by atoms with E-state index in [9.17, 15) is 12.8 Å². The predicted octanol–water partition coefficient (Wildman–Crippen LogP) is 3.37. The molecule has 0 unspecified atom stereocenters. The number of ether oxygens (including phenoxy) is 1. The Morgan fingerprint density at radius 3 is 2.86 bits per heavy atom. The van der Waals surface area contributed by atoms with Crippen molar-refractivity contribution in [3.8, 4) is 5.75 Å². The maximum absolute atomic E-state index is 14.2. The standard InChI is InChI=1S/C19H27FN4O3S/c1-3-4-10-27-19-9-8-17(12-18(19)20)28(25,26)23-15-6-5-7-16(11-15)24-13-21-22-14(24)2/h8-9,12-13,15-16,23H,3-7,10-11H2,1-2H3/t15-,16+/m0/s1. The molecule has 1 saturated carbocycles. The summed E-state index contributed by atoms with van der Waals surface area (Å²) in [6.07, 6.45) is 6.69. The fourth-order valence-corrected chi connectivity index (χ4v) is 4.86. The maximum Gasteiger partial charge on any atom is 0.240 e. The highest BCUT2D eigenvalue weighted by Crippen LogP contribution is 2.30. The number of aryl methyl sites for hydroxylation is 1. The molecule has 1 aliphatic carbocycles. The molecule has 1 aromatic carbocycles. The van der Waals surface area contributed by atoms with E-state index in [2.05, 4.69) is 14.9 Å². The van der Waals surface area contributed by atoms with Crippen LogP contribution < -0.4 is 9.46 Å². The summed E-state index contributed by atoms with van der Waals surface area (Å²) in [5.41, 5.74) is 0. The number of benzene rings is 1. The first-order valence-electron chi connectivity index (χ1n) is 9.71. The Kier molecular flexibility index (Phi) is 6.66. The van der Waals surface area contributed by atoms with Crippen LogP contribution in [0.2, 0.25) is 0 Å². The first kappa shape index (κ1) is 20.7. The Morgan fingerprint density at radius 1 is 1.36 bits per heavy atom. The zero-order valence-corrected chi connectivity index (χ0v) is 17.1. The third kappa shape index (κ3) is 4.88. The van der Waals surface area contributed by atoms with Crippen LogP contribution >= 0.6 is 0 Å². The van der Waals surface area contributed by atoms with Crippen molar-refractivity contribution in [2.45, 2.75) is 69.4 Å². The highest BCUT2D eigenvalue weighted by molar-refractivity contribution is 7.89. The van der Waals surface area contributed by atoms with Gasteiger partial charge in [0.2, 0.25) is 10.0 Å². The van der Waals surface area contributed by atoms with E-state index in [1.54, 1.807) is 6.33 Å². The molecule has 0 spiro atoms. The van der Waals surface area contributed by atoms with Crippen LogP contribution in [0.1, 0.15) is 57.3 Å². The lowest BCUT2D eigenvalue weighted by molar-refractivity contribution is 0.293. The van der Waals surface area contributed by atoms with E-state index < -0.39 is 15.8 Å². The number of halogens is 1. The van der Waals surface area contributed by atoms with Crippen LogP contribution in [-0.4, -0.2) is 35.8 Å². The number of hydrogen-bond acceptors (Lipinski definition) is 5. The summed E-state index contributed by atoms with van der Waals surface area (Å²) in [6, 6.07) is 3.73. The van der Waals surface area contributed by atoms with E-state index in [0.29, 0.717) is 13.0 Å². The summed E-state index contributed by atoms with van der Waals surface area (Å²) in [5.74, 6) is 0.225. The number of unbranched alkanes of at least 4 members (excludes halogenated alkanes) is 1. The maximum atomic E-state index is 14.2. The third-order valence-corrected chi connectivity index (χ3v) is 6.60. The predicted molar refractivity (Wildman–Crippen MR) is 103 cm³/mol. The van der Waals surface area contributed by atoms with Gasteiger partial charge in [0, 0.05) is 12.1 Å². The van der Waals surface area contributed by atoms with Crippen LogP contribution in [0.25, 0.3) is 0 Å². The van der Waals surface area contributed by atoms with Gasteiger partial charge in [-0.15, -0.1) is 10.2 Å². The molecule has 1 fully saturated rings. The van der Waals surface area contributed by atoms with Gasteiger partial charge in [-0.2, -0.15) is 0 Å². The minimum absolute atomic E-state index is 0.0770. The smallest absolute Gasteiger partial charge is 0.240 e. The number of rotatable bonds is 8. The van der Waals surface area contributed by atoms with Crippen molar-refractivity contribution in [2.24, 2.45) is 0 Å². The Balaban J connectivity index is 1.67. The number of hydrogen-bond donors (Lipinski definition) is 1. The van der Waals surface area contributed by atoms with E-state index in [1.807, 2.05) is 18.4 Å². The van der Waals surface area contributed by atoms with Crippen LogP contribution in [0.15, 0.2) is 29.4 Å². The fourth-order valence-electron chi connectivity index (χ4n) is 3.56. The van der Waals surface area contributed by atoms with Crippen molar-refractivity contribution >= 4 is 10.0 Å². The molecule has 1 heterocycles. The van der Waals surface area contributed by atoms with E-state index in [1.165, 1.54) is 12.1 Å². The van der Waals surface area contributed by atoms with E-state index in [-0.39, 0.29) is 22.7 Å². The van der Waals surface area contributed by atoms with Crippen LogP contribution in [-0.2, 0) is 10.0 Å². The van der Waals surface area contributed by atoms with Crippen LogP contribution in [0.5, 0.6) is 5.75 Å². The van der Waals surface area contributed by atoms with Crippen LogP contribution in [0.4, 0.5) is 4.39 Å². The highest BCUT2D eigenvalue weighted by atomic mass is 32.2. The summed E-state index contributed by atoms with van der Waals surface area (Å²) in [7, 11) is -3.81. The van der Waals surface area contributed by atoms with Gasteiger partial charge in [0.1, 0.15) is 12.2 Å². The molecular formula is C19H27FN4O3S. The van der Waals surface area contributed by atoms with Gasteiger partial charge in [-0.1, -0.05) is 13.3 Å². The van der Waals surface area contributed by atoms with Crippen molar-refractivity contribution in [1.82, 2.24) is 19.5 Å². The molecule has 2 aromatic rings. The molecular weight excluding hydrogens is 383 g/mol. The minimum atomic E-state index is -3.81. The zero-order valence-electron chi connectivity index (χ0n) is 16.3. The van der Waals surface area contributed by atoms with Crippen LogP contribution in [0, 0.1) is 12.7 Å². The average molecular weight is 411 g/mol. The Hall–Kier alpha value is -2.00. The molecule has 3 rings (SSSR count). The van der Waals surface area contributed by atoms with E-state index in [0.717, 1.165) is 44.0 Å². The molecule has 0 bridgehead atoms. The average Bonchev–Trinajstić information content (AvgIpc) is 3.09. The van der Waals surface area contributed by atoms with Gasteiger partial charge in [-0.05, 0) is 57.2 Å². The number of aromatic nitrogens is 3. The van der Waals surface area contributed by atoms with Gasteiger partial charge in [0.25, 0.3) is 0 Å². The second kappa shape index (κ2) is 9.00. The third-order valence-electron chi connectivity index (χ3n) is 5.08. The Bertz CT molecular complexity index is 900. The molecule has 0 radical (unpaired) electrons. The Morgan fingerprint density at radius 2 is 2.18 bits per heavy atom. The van der Waals surface area contributed by atoms with Gasteiger partial charge in [-0.3, -0.25) is 0 Å². The molecule has 2 atom stereocenters. The van der Waals surface area contributed by atoms with Crippen molar-refractivity contribution in [3.63, 3.8) is 0 Å². The monoisotopic (exact) mass is 410 g/mol. The summed E-state index contributed by atoms with van der Waals surface area (Å²) in [4.78, 5) is -0.0876. The summed E-state index contributed by atoms with van der Waals surface area (Å²) in [6.45, 7) is 4.30. The molecule has 7 nitrogen and oxygen atoms in total. The molecule has 1 aliphatic rings. The minimum Gasteiger partial charge on any atom is -0.491 e. The number of nitrogens with one attached hydrogen (secondary N) is 1. The summed E-state index contributed by atoms with van der Waals surface area (Å²) < 4.78 is 49.8. The lowest BCUT2D eigenvalue weighted by atomic mass is 9.91. The largest absolute Gasteiger partial charge is 0.491 e. The van der Waals surface area contributed by atoms with Gasteiger partial charge < -0.3 is 9.30 Å². The van der Waals surface area contributed by atoms with Crippen molar-refractivity contribution in [3.05, 3.63) is 36.2 Å². The molecule has 28 heavy (non-hydrogen) atoms. The normalized spacial score (nSPS) is 20.2. The fraction of sp³-hybridized carbons (Fsp3) is 0.579. The Labute approximate surface area is 165 Å². The highest BCUT2D eigenvalue weighted by Gasteiger charge is 2.28.